The lowest BCUT2D eigenvalue weighted by atomic mass is 10.1. The van der Waals surface area contributed by atoms with Crippen molar-refractivity contribution in [3.05, 3.63) is 65.4 Å². The van der Waals surface area contributed by atoms with E-state index in [4.69, 9.17) is 5.11 Å². The molecule has 1 heterocycles. The van der Waals surface area contributed by atoms with E-state index in [1.54, 1.807) is 25.1 Å². The molecule has 0 atom stereocenters. The maximum Gasteiger partial charge on any atom is 0.416 e. The number of hydrogen-bond donors (Lipinski definition) is 2. The van der Waals surface area contributed by atoms with Crippen LogP contribution in [0, 0.1) is 6.92 Å². The molecule has 4 nitrogen and oxygen atoms in total. The average molecular weight is 383 g/mol. The molecule has 0 saturated carbocycles. The van der Waals surface area contributed by atoms with E-state index in [1.807, 2.05) is 0 Å². The molecule has 3 aromatic rings. The molecule has 2 aromatic carbocycles. The van der Waals surface area contributed by atoms with Crippen molar-refractivity contribution < 1.29 is 23.1 Å². The first-order valence-electron chi connectivity index (χ1n) is 7.33. The minimum Gasteiger partial charge on any atom is -0.478 e. The van der Waals surface area contributed by atoms with Crippen LogP contribution in [-0.2, 0) is 6.18 Å². The molecule has 26 heavy (non-hydrogen) atoms. The van der Waals surface area contributed by atoms with Crippen molar-refractivity contribution >= 4 is 40.7 Å². The molecule has 0 radical (unpaired) electrons. The predicted molar refractivity (Wildman–Crippen MR) is 95.4 cm³/mol. The van der Waals surface area contributed by atoms with Crippen molar-refractivity contribution in [1.82, 2.24) is 4.98 Å². The van der Waals surface area contributed by atoms with Gasteiger partial charge >= 0.3 is 12.1 Å². The number of rotatable bonds is 3. The number of halogens is 4. The normalized spacial score (nSPS) is 11.1. The van der Waals surface area contributed by atoms with Crippen molar-refractivity contribution in [2.75, 3.05) is 5.32 Å². The Morgan fingerprint density at radius 2 is 1.73 bits per heavy atom. The quantitative estimate of drug-likeness (QED) is 0.634. The van der Waals surface area contributed by atoms with Gasteiger partial charge in [-0.2, -0.15) is 13.2 Å². The van der Waals surface area contributed by atoms with Gasteiger partial charge in [-0.1, -0.05) is 6.07 Å². The smallest absolute Gasteiger partial charge is 0.416 e. The van der Waals surface area contributed by atoms with Crippen molar-refractivity contribution in [3.8, 4) is 0 Å². The Labute approximate surface area is 153 Å². The lowest BCUT2D eigenvalue weighted by Gasteiger charge is -2.13. The number of nitrogens with one attached hydrogen (secondary N) is 1. The second kappa shape index (κ2) is 7.21. The van der Waals surface area contributed by atoms with Crippen LogP contribution in [0.3, 0.4) is 0 Å². The number of pyridine rings is 1. The third-order valence-corrected chi connectivity index (χ3v) is 3.68. The zero-order valence-corrected chi connectivity index (χ0v) is 14.3. The van der Waals surface area contributed by atoms with Gasteiger partial charge in [-0.3, -0.25) is 4.98 Å². The molecule has 0 bridgehead atoms. The van der Waals surface area contributed by atoms with Gasteiger partial charge in [0.2, 0.25) is 0 Å². The number of alkyl halides is 3. The van der Waals surface area contributed by atoms with Gasteiger partial charge in [0, 0.05) is 22.5 Å². The molecule has 0 aliphatic carbocycles. The predicted octanol–water partition coefficient (Wildman–Crippen LogP) is 5.43. The van der Waals surface area contributed by atoms with Gasteiger partial charge in [0.05, 0.1) is 16.6 Å². The number of aromatic carboxylic acids is 1. The summed E-state index contributed by atoms with van der Waals surface area (Å²) in [4.78, 5) is 15.1. The fourth-order valence-electron chi connectivity index (χ4n) is 2.49. The summed E-state index contributed by atoms with van der Waals surface area (Å²) in [5.74, 6) is -1.03. The molecule has 1 aromatic heterocycles. The number of hydrogen-bond acceptors (Lipinski definition) is 3. The van der Waals surface area contributed by atoms with Crippen molar-refractivity contribution in [3.63, 3.8) is 0 Å². The molecule has 0 aliphatic rings. The third kappa shape index (κ3) is 4.05. The number of carboxylic acids is 1. The molecule has 0 spiro atoms. The van der Waals surface area contributed by atoms with Crippen LogP contribution in [0.4, 0.5) is 24.5 Å². The van der Waals surface area contributed by atoms with E-state index in [2.05, 4.69) is 10.3 Å². The zero-order valence-electron chi connectivity index (χ0n) is 13.5. The van der Waals surface area contributed by atoms with Crippen molar-refractivity contribution in [2.24, 2.45) is 0 Å². The van der Waals surface area contributed by atoms with Crippen molar-refractivity contribution in [1.29, 1.82) is 0 Å². The number of anilines is 2. The first-order valence-corrected chi connectivity index (χ1v) is 7.33. The minimum atomic E-state index is -4.43. The van der Waals surface area contributed by atoms with Gasteiger partial charge in [-0.05, 0) is 49.4 Å². The molecule has 8 heteroatoms. The summed E-state index contributed by atoms with van der Waals surface area (Å²) < 4.78 is 38.6. The van der Waals surface area contributed by atoms with E-state index in [0.717, 1.165) is 12.1 Å². The Balaban J connectivity index is 0.00000243. The highest BCUT2D eigenvalue weighted by Crippen LogP contribution is 2.33. The first-order chi connectivity index (χ1) is 11.7. The fraction of sp³-hybridized carbons (Fsp3) is 0.111. The molecule has 0 saturated heterocycles. The molecule has 0 aliphatic heterocycles. The fourth-order valence-corrected chi connectivity index (χ4v) is 2.49. The van der Waals surface area contributed by atoms with Gasteiger partial charge < -0.3 is 10.4 Å². The molecule has 2 N–H and O–H groups in total. The summed E-state index contributed by atoms with van der Waals surface area (Å²) in [6.45, 7) is 1.69. The summed E-state index contributed by atoms with van der Waals surface area (Å²) in [6, 6.07) is 11.2. The Bertz CT molecular complexity index is 957. The second-order valence-corrected chi connectivity index (χ2v) is 5.55. The van der Waals surface area contributed by atoms with Gasteiger partial charge in [-0.25, -0.2) is 4.79 Å². The van der Waals surface area contributed by atoms with Crippen LogP contribution in [0.2, 0.25) is 0 Å². The average Bonchev–Trinajstić information content (AvgIpc) is 2.53. The van der Waals surface area contributed by atoms with E-state index in [0.29, 0.717) is 22.5 Å². The summed E-state index contributed by atoms with van der Waals surface area (Å²) in [6.07, 6.45) is -4.43. The molecule has 0 unspecified atom stereocenters. The highest BCUT2D eigenvalue weighted by atomic mass is 35.5. The zero-order chi connectivity index (χ0) is 18.2. The molecule has 0 fully saturated rings. The largest absolute Gasteiger partial charge is 0.478 e. The molecule has 136 valence electrons. The van der Waals surface area contributed by atoms with E-state index < -0.39 is 17.7 Å². The molecular weight excluding hydrogens is 369 g/mol. The van der Waals surface area contributed by atoms with Crippen LogP contribution in [0.25, 0.3) is 10.9 Å². The number of aromatic nitrogens is 1. The monoisotopic (exact) mass is 382 g/mol. The Kier molecular flexibility index (Phi) is 5.41. The lowest BCUT2D eigenvalue weighted by Crippen LogP contribution is -2.05. The molecule has 0 amide bonds. The number of benzene rings is 2. The van der Waals surface area contributed by atoms with Crippen LogP contribution in [0.5, 0.6) is 0 Å². The van der Waals surface area contributed by atoms with Crippen LogP contribution < -0.4 is 5.32 Å². The van der Waals surface area contributed by atoms with Crippen LogP contribution >= 0.6 is 12.4 Å². The molecule has 3 rings (SSSR count). The van der Waals surface area contributed by atoms with E-state index in [1.165, 1.54) is 18.2 Å². The SMILES string of the molecule is Cc1cc(Nc2ccc(C(=O)O)cc2)c2ccc(C(F)(F)F)cc2n1.Cl. The van der Waals surface area contributed by atoms with Gasteiger partial charge in [0.25, 0.3) is 0 Å². The maximum absolute atomic E-state index is 12.9. The summed E-state index contributed by atoms with van der Waals surface area (Å²) in [5, 5.41) is 12.6. The number of carbonyl (C=O) groups is 1. The summed E-state index contributed by atoms with van der Waals surface area (Å²) >= 11 is 0. The van der Waals surface area contributed by atoms with E-state index >= 15 is 0 Å². The van der Waals surface area contributed by atoms with Gasteiger partial charge in [0.1, 0.15) is 0 Å². The highest BCUT2D eigenvalue weighted by molar-refractivity contribution is 5.94. The van der Waals surface area contributed by atoms with E-state index in [-0.39, 0.29) is 23.5 Å². The maximum atomic E-state index is 12.9. The Hall–Kier alpha value is -2.80. The Morgan fingerprint density at radius 3 is 2.31 bits per heavy atom. The number of nitrogens with zero attached hydrogens (tertiary/aromatic N) is 1. The second-order valence-electron chi connectivity index (χ2n) is 5.55. The van der Waals surface area contributed by atoms with Crippen LogP contribution in [-0.4, -0.2) is 16.1 Å². The van der Waals surface area contributed by atoms with E-state index in [9.17, 15) is 18.0 Å². The summed E-state index contributed by atoms with van der Waals surface area (Å²) in [7, 11) is 0. The molecular formula is C18H14ClF3N2O2. The highest BCUT2D eigenvalue weighted by Gasteiger charge is 2.30. The third-order valence-electron chi connectivity index (χ3n) is 3.68. The van der Waals surface area contributed by atoms with Crippen LogP contribution in [0.15, 0.2) is 48.5 Å². The lowest BCUT2D eigenvalue weighted by molar-refractivity contribution is -0.137. The van der Waals surface area contributed by atoms with Crippen molar-refractivity contribution in [2.45, 2.75) is 13.1 Å². The standard InChI is InChI=1S/C18H13F3N2O2.ClH/c1-10-8-15(23-13-5-2-11(3-6-13)17(24)25)14-7-4-12(18(19,20)21)9-16(14)22-10;/h2-9H,1H3,(H,22,23)(H,24,25);1H. The number of aryl methyl sites for hydroxylation is 1. The topological polar surface area (TPSA) is 62.2 Å². The minimum absolute atomic E-state index is 0. The van der Waals surface area contributed by atoms with Gasteiger partial charge in [0.15, 0.2) is 0 Å². The van der Waals surface area contributed by atoms with Gasteiger partial charge in [-0.15, -0.1) is 12.4 Å². The number of carboxylic acid groups (broad SMARTS) is 1. The first kappa shape index (κ1) is 19.5. The summed E-state index contributed by atoms with van der Waals surface area (Å²) in [5.41, 5.74) is 1.41. The Morgan fingerprint density at radius 1 is 1.08 bits per heavy atom. The van der Waals surface area contributed by atoms with Crippen LogP contribution in [0.1, 0.15) is 21.6 Å². The number of fused-ring (bicyclic) bond motifs is 1.